The first kappa shape index (κ1) is 46.8. The average molecular weight is 1050 g/mol. The number of rotatable bonds is 16. The topological polar surface area (TPSA) is 151 Å². The van der Waals surface area contributed by atoms with Gasteiger partial charge in [0.15, 0.2) is 0 Å². The normalized spacial score (nSPS) is 11.8. The van der Waals surface area contributed by atoms with Crippen molar-refractivity contribution in [3.8, 4) is 11.5 Å². The van der Waals surface area contributed by atoms with E-state index >= 15 is 0 Å². The van der Waals surface area contributed by atoms with E-state index in [1.165, 1.54) is 0 Å². The number of hydrogen-bond donors (Lipinski definition) is 4. The largest absolute Gasteiger partial charge is 0.487 e. The van der Waals surface area contributed by atoms with E-state index in [1.54, 1.807) is 56.3 Å². The third-order valence-electron chi connectivity index (χ3n) is 7.55. The van der Waals surface area contributed by atoms with Crippen molar-refractivity contribution in [3.05, 3.63) is 111 Å². The van der Waals surface area contributed by atoms with Crippen LogP contribution in [0.5, 0.6) is 11.5 Å². The van der Waals surface area contributed by atoms with Crippen LogP contribution in [0.25, 0.3) is 0 Å². The summed E-state index contributed by atoms with van der Waals surface area (Å²) in [5, 5.41) is 23.5. The van der Waals surface area contributed by atoms with Gasteiger partial charge in [0, 0.05) is 42.1 Å². The highest BCUT2D eigenvalue weighted by atomic mass is 79.9. The number of nitrogens with one attached hydrogen (secondary N) is 2. The van der Waals surface area contributed by atoms with Crippen LogP contribution in [0.1, 0.15) is 54.5 Å². The first-order chi connectivity index (χ1) is 26.4. The Morgan fingerprint density at radius 1 is 0.625 bits per heavy atom. The summed E-state index contributed by atoms with van der Waals surface area (Å²) >= 11 is 19.6. The van der Waals surface area contributed by atoms with Gasteiger partial charge in [0.25, 0.3) is 0 Å². The highest BCUT2D eigenvalue weighted by Gasteiger charge is 2.20. The zero-order valence-electron chi connectivity index (χ0n) is 30.2. The molecule has 0 aromatic heterocycles. The highest BCUT2D eigenvalue weighted by Crippen LogP contribution is 2.37. The van der Waals surface area contributed by atoms with Crippen molar-refractivity contribution in [1.29, 1.82) is 0 Å². The molecule has 4 N–H and O–H groups in total. The summed E-state index contributed by atoms with van der Waals surface area (Å²) < 4.78 is 40.9. The summed E-state index contributed by atoms with van der Waals surface area (Å²) in [6, 6.07) is 17.3. The Morgan fingerprint density at radius 2 is 1.00 bits per heavy atom. The lowest BCUT2D eigenvalue weighted by molar-refractivity contribution is -0.143. The van der Waals surface area contributed by atoms with Crippen molar-refractivity contribution in [1.82, 2.24) is 0 Å². The van der Waals surface area contributed by atoms with Gasteiger partial charge in [-0.25, -0.2) is 18.4 Å². The molecular weight excluding hydrogens is 1020 g/mol. The van der Waals surface area contributed by atoms with Gasteiger partial charge in [-0.15, -0.1) is 0 Å². The first-order valence-corrected chi connectivity index (χ1v) is 20.4. The van der Waals surface area contributed by atoms with E-state index in [2.05, 4.69) is 74.4 Å². The molecule has 0 aliphatic heterocycles. The summed E-state index contributed by atoms with van der Waals surface area (Å²) in [6.07, 6.45) is -3.67. The molecular formula is C39H37Br4ClF2N2O8. The third-order valence-corrected chi connectivity index (χ3v) is 10.1. The molecule has 0 spiro atoms. The molecule has 0 heterocycles. The Bertz CT molecular complexity index is 1880. The number of carbonyl (C=O) groups is 4. The number of carbonyl (C=O) groups excluding carboxylic acids is 2. The fourth-order valence-electron chi connectivity index (χ4n) is 4.96. The minimum absolute atomic E-state index is 0.0638. The molecule has 0 aliphatic rings. The van der Waals surface area contributed by atoms with Crippen LogP contribution in [-0.2, 0) is 45.2 Å². The maximum Gasteiger partial charge on any atom is 0.338 e. The quantitative estimate of drug-likeness (QED) is 0.0866. The van der Waals surface area contributed by atoms with Gasteiger partial charge in [-0.2, -0.15) is 0 Å². The molecule has 4 aromatic carbocycles. The minimum Gasteiger partial charge on any atom is -0.487 e. The molecule has 2 amide bonds. The lowest BCUT2D eigenvalue weighted by atomic mass is 10.1. The maximum absolute atomic E-state index is 13.4. The maximum atomic E-state index is 13.4. The SMILES string of the molecule is CCC(=O)Nc1cc(C)cc(COc2c(Br)cc(CC(F)C(=O)O)cc2Br)c1.CCC(=O)Nc1cc(Cl)cc(COc2c(Br)cc(CC(F)C(=O)O)cc2Br)c1. The van der Waals surface area contributed by atoms with Crippen molar-refractivity contribution in [2.24, 2.45) is 0 Å². The summed E-state index contributed by atoms with van der Waals surface area (Å²) in [4.78, 5) is 44.5. The van der Waals surface area contributed by atoms with Crippen LogP contribution in [0, 0.1) is 6.92 Å². The van der Waals surface area contributed by atoms with Gasteiger partial charge in [-0.3, -0.25) is 9.59 Å². The molecule has 2 atom stereocenters. The molecule has 2 unspecified atom stereocenters. The van der Waals surface area contributed by atoms with Crippen molar-refractivity contribution in [2.75, 3.05) is 10.6 Å². The molecule has 0 radical (unpaired) electrons. The first-order valence-electron chi connectivity index (χ1n) is 16.8. The second-order valence-electron chi connectivity index (χ2n) is 12.2. The van der Waals surface area contributed by atoms with Crippen LogP contribution in [0.15, 0.2) is 78.6 Å². The number of ether oxygens (including phenoxy) is 2. The van der Waals surface area contributed by atoms with E-state index in [-0.39, 0.29) is 37.9 Å². The molecule has 300 valence electrons. The number of halogens is 7. The molecule has 0 bridgehead atoms. The predicted molar refractivity (Wildman–Crippen MR) is 225 cm³/mol. The number of carboxylic acids is 2. The molecule has 56 heavy (non-hydrogen) atoms. The smallest absolute Gasteiger partial charge is 0.338 e. The Hall–Kier alpha value is -3.57. The van der Waals surface area contributed by atoms with E-state index < -0.39 is 24.3 Å². The van der Waals surface area contributed by atoms with Crippen molar-refractivity contribution >= 4 is 110 Å². The van der Waals surface area contributed by atoms with Crippen LogP contribution in [0.2, 0.25) is 5.02 Å². The van der Waals surface area contributed by atoms with Crippen molar-refractivity contribution in [2.45, 2.75) is 72.0 Å². The lowest BCUT2D eigenvalue weighted by Gasteiger charge is -2.14. The van der Waals surface area contributed by atoms with Crippen LogP contribution in [0.4, 0.5) is 20.2 Å². The van der Waals surface area contributed by atoms with Crippen LogP contribution in [0.3, 0.4) is 0 Å². The molecule has 0 aliphatic carbocycles. The van der Waals surface area contributed by atoms with E-state index in [9.17, 15) is 28.0 Å². The molecule has 4 rings (SSSR count). The number of alkyl halides is 2. The minimum atomic E-state index is -1.98. The number of amides is 2. The van der Waals surface area contributed by atoms with Gasteiger partial charge in [0.2, 0.25) is 24.2 Å². The average Bonchev–Trinajstić information content (AvgIpc) is 3.10. The number of hydrogen-bond acceptors (Lipinski definition) is 6. The zero-order valence-corrected chi connectivity index (χ0v) is 37.3. The summed E-state index contributed by atoms with van der Waals surface area (Å²) in [6.45, 7) is 5.91. The second-order valence-corrected chi connectivity index (χ2v) is 16.1. The van der Waals surface area contributed by atoms with Gasteiger partial charge in [-0.1, -0.05) is 31.5 Å². The molecule has 0 saturated heterocycles. The van der Waals surface area contributed by atoms with E-state index in [4.69, 9.17) is 31.3 Å². The fraction of sp³-hybridized carbons (Fsp3) is 0.282. The van der Waals surface area contributed by atoms with Crippen LogP contribution in [-0.4, -0.2) is 46.3 Å². The Kier molecular flexibility index (Phi) is 18.7. The standard InChI is InChI=1S/C20H20Br2FNO4.C19H17Br2ClFNO4/c1-3-18(25)24-14-5-11(2)4-13(6-14)10-28-19-15(21)7-12(8-16(19)22)9-17(23)20(26)27;1-2-17(25)24-13-4-11(3-12(22)8-13)9-28-18-14(20)5-10(6-15(18)21)7-16(23)19(26)27/h4-8,17H,3,9-10H2,1-2H3,(H,24,25)(H,26,27);3-6,8,16H,2,7,9H2,1H3,(H,24,25)(H,26,27). The Balaban J connectivity index is 0.000000300. The number of aryl methyl sites for hydroxylation is 1. The molecule has 0 fully saturated rings. The molecule has 0 saturated carbocycles. The number of aliphatic carboxylic acids is 2. The highest BCUT2D eigenvalue weighted by molar-refractivity contribution is 9.11. The van der Waals surface area contributed by atoms with Crippen LogP contribution >= 0.6 is 75.3 Å². The van der Waals surface area contributed by atoms with E-state index in [0.717, 1.165) is 16.7 Å². The van der Waals surface area contributed by atoms with Crippen molar-refractivity contribution in [3.63, 3.8) is 0 Å². The molecule has 4 aromatic rings. The Labute approximate surface area is 361 Å². The number of benzene rings is 4. The van der Waals surface area contributed by atoms with Crippen molar-refractivity contribution < 1.29 is 47.6 Å². The number of anilines is 2. The second kappa shape index (κ2) is 22.4. The van der Waals surface area contributed by atoms with E-state index in [1.807, 2.05) is 25.1 Å². The lowest BCUT2D eigenvalue weighted by Crippen LogP contribution is -2.17. The predicted octanol–water partition coefficient (Wildman–Crippen LogP) is 11.2. The van der Waals surface area contributed by atoms with Gasteiger partial charge < -0.3 is 30.3 Å². The Morgan fingerprint density at radius 3 is 1.38 bits per heavy atom. The van der Waals surface area contributed by atoms with Crippen LogP contribution < -0.4 is 20.1 Å². The van der Waals surface area contributed by atoms with Gasteiger partial charge >= 0.3 is 11.9 Å². The zero-order chi connectivity index (χ0) is 41.7. The summed E-state index contributed by atoms with van der Waals surface area (Å²) in [5.41, 5.74) is 4.94. The van der Waals surface area contributed by atoms with Gasteiger partial charge in [0.05, 0.1) is 17.9 Å². The van der Waals surface area contributed by atoms with E-state index in [0.29, 0.717) is 69.8 Å². The monoisotopic (exact) mass is 1050 g/mol. The van der Waals surface area contributed by atoms with Gasteiger partial charge in [0.1, 0.15) is 24.7 Å². The summed E-state index contributed by atoms with van der Waals surface area (Å²) in [5.74, 6) is -2.17. The third kappa shape index (κ3) is 15.1. The fourth-order valence-corrected chi connectivity index (χ4v) is 8.24. The molecule has 17 heteroatoms. The van der Waals surface area contributed by atoms with Gasteiger partial charge in [-0.05, 0) is 153 Å². The molecule has 10 nitrogen and oxygen atoms in total. The number of carboxylic acid groups (broad SMARTS) is 2. The summed E-state index contributed by atoms with van der Waals surface area (Å²) in [7, 11) is 0.